The van der Waals surface area contributed by atoms with Gasteiger partial charge in [0.1, 0.15) is 11.6 Å². The minimum absolute atomic E-state index is 0.0328. The second-order valence-corrected chi connectivity index (χ2v) is 4.75. The molecule has 1 fully saturated rings. The molecule has 7 heteroatoms. The zero-order valence-electron chi connectivity index (χ0n) is 11.2. The van der Waals surface area contributed by atoms with E-state index in [2.05, 4.69) is 15.2 Å². The Morgan fingerprint density at radius 2 is 2.20 bits per heavy atom. The van der Waals surface area contributed by atoms with Crippen molar-refractivity contribution in [2.75, 3.05) is 31.5 Å². The number of nitrogens with one attached hydrogen (secondary N) is 1. The lowest BCUT2D eigenvalue weighted by Gasteiger charge is -2.26. The number of hydrogen-bond donors (Lipinski definition) is 1. The molecule has 0 amide bonds. The van der Waals surface area contributed by atoms with Crippen LogP contribution in [0.1, 0.15) is 24.8 Å². The van der Waals surface area contributed by atoms with Gasteiger partial charge in [0.2, 0.25) is 5.82 Å². The molecule has 0 radical (unpaired) electrons. The predicted molar refractivity (Wildman–Crippen MR) is 74.4 cm³/mol. The molecule has 106 valence electrons. The van der Waals surface area contributed by atoms with E-state index >= 15 is 0 Å². The molecule has 2 rings (SSSR count). The van der Waals surface area contributed by atoms with Gasteiger partial charge in [-0.3, -0.25) is 10.1 Å². The van der Waals surface area contributed by atoms with E-state index in [0.29, 0.717) is 6.54 Å². The van der Waals surface area contributed by atoms with Gasteiger partial charge < -0.3 is 10.2 Å². The first-order valence-electron chi connectivity index (χ1n) is 6.72. The Hall–Kier alpha value is -2.20. The summed E-state index contributed by atoms with van der Waals surface area (Å²) in [6, 6.07) is 3.18. The molecule has 1 aromatic heterocycles. The van der Waals surface area contributed by atoms with Crippen LogP contribution >= 0.6 is 0 Å². The van der Waals surface area contributed by atoms with E-state index in [1.807, 2.05) is 6.07 Å². The molecule has 1 aliphatic heterocycles. The molecule has 2 heterocycles. The summed E-state index contributed by atoms with van der Waals surface area (Å²) in [5.74, 6) is 0.172. The number of anilines is 1. The Kier molecular flexibility index (Phi) is 4.85. The second-order valence-electron chi connectivity index (χ2n) is 4.75. The fraction of sp³-hybridized carbons (Fsp3) is 0.538. The smallest absolute Gasteiger partial charge is 0.328 e. The van der Waals surface area contributed by atoms with Crippen molar-refractivity contribution in [1.29, 1.82) is 5.26 Å². The van der Waals surface area contributed by atoms with E-state index in [0.717, 1.165) is 19.6 Å². The van der Waals surface area contributed by atoms with Crippen LogP contribution in [0.2, 0.25) is 0 Å². The van der Waals surface area contributed by atoms with Crippen molar-refractivity contribution >= 4 is 11.5 Å². The zero-order valence-corrected chi connectivity index (χ0v) is 11.2. The Bertz CT molecular complexity index is 520. The first-order chi connectivity index (χ1) is 9.72. The molecule has 1 saturated heterocycles. The van der Waals surface area contributed by atoms with E-state index in [1.54, 1.807) is 0 Å². The Morgan fingerprint density at radius 1 is 1.45 bits per heavy atom. The molecule has 0 atom stereocenters. The molecule has 0 bridgehead atoms. The number of likely N-dealkylation sites (tertiary alicyclic amines) is 1. The van der Waals surface area contributed by atoms with Gasteiger partial charge in [-0.15, -0.1) is 0 Å². The molecule has 1 aliphatic rings. The fourth-order valence-corrected chi connectivity index (χ4v) is 2.37. The van der Waals surface area contributed by atoms with Gasteiger partial charge in [-0.05, 0) is 32.0 Å². The predicted octanol–water partition coefficient (Wildman–Crippen LogP) is 1.76. The van der Waals surface area contributed by atoms with E-state index in [9.17, 15) is 10.1 Å². The van der Waals surface area contributed by atoms with Gasteiger partial charge in [-0.25, -0.2) is 4.98 Å². The van der Waals surface area contributed by atoms with Crippen LogP contribution in [0.25, 0.3) is 0 Å². The third kappa shape index (κ3) is 3.42. The van der Waals surface area contributed by atoms with Gasteiger partial charge in [0.25, 0.3) is 0 Å². The largest absolute Gasteiger partial charge is 0.363 e. The lowest BCUT2D eigenvalue weighted by atomic mass is 10.1. The quantitative estimate of drug-likeness (QED) is 0.650. The number of nitrogens with zero attached hydrogens (tertiary/aromatic N) is 4. The number of rotatable bonds is 5. The van der Waals surface area contributed by atoms with Crippen LogP contribution in [0.3, 0.4) is 0 Å². The number of piperidine rings is 1. The van der Waals surface area contributed by atoms with Gasteiger partial charge in [-0.2, -0.15) is 5.26 Å². The number of nitro groups is 1. The molecule has 0 aromatic carbocycles. The van der Waals surface area contributed by atoms with Crippen molar-refractivity contribution in [3.8, 4) is 6.07 Å². The molecular formula is C13H17N5O2. The highest BCUT2D eigenvalue weighted by atomic mass is 16.6. The van der Waals surface area contributed by atoms with Gasteiger partial charge in [0.15, 0.2) is 0 Å². The Labute approximate surface area is 117 Å². The van der Waals surface area contributed by atoms with Gasteiger partial charge in [-0.1, -0.05) is 6.42 Å². The van der Waals surface area contributed by atoms with Crippen LogP contribution in [-0.4, -0.2) is 41.0 Å². The van der Waals surface area contributed by atoms with E-state index < -0.39 is 4.92 Å². The first-order valence-corrected chi connectivity index (χ1v) is 6.72. The molecule has 0 spiro atoms. The summed E-state index contributed by atoms with van der Waals surface area (Å²) in [7, 11) is 0. The zero-order chi connectivity index (χ0) is 14.4. The van der Waals surface area contributed by atoms with Crippen molar-refractivity contribution in [2.24, 2.45) is 0 Å². The maximum atomic E-state index is 11.0. The summed E-state index contributed by atoms with van der Waals surface area (Å²) in [4.78, 5) is 16.8. The molecule has 0 aliphatic carbocycles. The van der Waals surface area contributed by atoms with Gasteiger partial charge >= 0.3 is 5.69 Å². The highest BCUT2D eigenvalue weighted by Crippen LogP contribution is 2.25. The van der Waals surface area contributed by atoms with Crippen LogP contribution < -0.4 is 5.32 Å². The van der Waals surface area contributed by atoms with Crippen molar-refractivity contribution in [1.82, 2.24) is 9.88 Å². The molecule has 20 heavy (non-hydrogen) atoms. The summed E-state index contributed by atoms with van der Waals surface area (Å²) in [5.41, 5.74) is -0.209. The van der Waals surface area contributed by atoms with Crippen molar-refractivity contribution in [3.05, 3.63) is 27.9 Å². The van der Waals surface area contributed by atoms with E-state index in [1.165, 1.54) is 31.5 Å². The van der Waals surface area contributed by atoms with Gasteiger partial charge in [0, 0.05) is 19.3 Å². The molecule has 1 N–H and O–H groups in total. The molecular weight excluding hydrogens is 258 g/mol. The molecule has 0 unspecified atom stereocenters. The maximum absolute atomic E-state index is 11.0. The highest BCUT2D eigenvalue weighted by molar-refractivity contribution is 5.63. The lowest BCUT2D eigenvalue weighted by molar-refractivity contribution is -0.384. The third-order valence-electron chi connectivity index (χ3n) is 3.40. The Morgan fingerprint density at radius 3 is 2.85 bits per heavy atom. The van der Waals surface area contributed by atoms with Crippen molar-refractivity contribution in [3.63, 3.8) is 0 Å². The SMILES string of the molecule is N#Cc1ccnc(NCCN2CCCCC2)c1[N+](=O)[O-]. The van der Waals surface area contributed by atoms with Crippen LogP contribution in [0, 0.1) is 21.4 Å². The minimum Gasteiger partial charge on any atom is -0.363 e. The van der Waals surface area contributed by atoms with Gasteiger partial charge in [0.05, 0.1) is 4.92 Å². The average Bonchev–Trinajstić information content (AvgIpc) is 2.47. The minimum atomic E-state index is -0.561. The van der Waals surface area contributed by atoms with E-state index in [-0.39, 0.29) is 17.1 Å². The average molecular weight is 275 g/mol. The Balaban J connectivity index is 1.98. The van der Waals surface area contributed by atoms with Crippen molar-refractivity contribution in [2.45, 2.75) is 19.3 Å². The number of nitriles is 1. The number of hydrogen-bond acceptors (Lipinski definition) is 6. The fourth-order valence-electron chi connectivity index (χ4n) is 2.37. The number of pyridine rings is 1. The third-order valence-corrected chi connectivity index (χ3v) is 3.40. The van der Waals surface area contributed by atoms with Crippen molar-refractivity contribution < 1.29 is 4.92 Å². The second kappa shape index (κ2) is 6.82. The number of aromatic nitrogens is 1. The van der Waals surface area contributed by atoms with Crippen LogP contribution in [0.5, 0.6) is 0 Å². The van der Waals surface area contributed by atoms with Crippen LogP contribution in [-0.2, 0) is 0 Å². The monoisotopic (exact) mass is 275 g/mol. The van der Waals surface area contributed by atoms with Crippen LogP contribution in [0.15, 0.2) is 12.3 Å². The maximum Gasteiger partial charge on any atom is 0.328 e. The lowest BCUT2D eigenvalue weighted by Crippen LogP contribution is -2.33. The highest BCUT2D eigenvalue weighted by Gasteiger charge is 2.21. The standard InChI is InChI=1S/C13H17N5O2/c14-10-11-4-5-15-13(12(11)18(19)20)16-6-9-17-7-2-1-3-8-17/h4-5H,1-3,6-9H2,(H,15,16). The summed E-state index contributed by atoms with van der Waals surface area (Å²) in [6.45, 7) is 3.57. The summed E-state index contributed by atoms with van der Waals surface area (Å²) in [5, 5.41) is 22.9. The summed E-state index contributed by atoms with van der Waals surface area (Å²) < 4.78 is 0. The normalized spacial score (nSPS) is 15.6. The molecule has 1 aromatic rings. The topological polar surface area (TPSA) is 95.1 Å². The van der Waals surface area contributed by atoms with E-state index in [4.69, 9.17) is 5.26 Å². The summed E-state index contributed by atoms with van der Waals surface area (Å²) in [6.07, 6.45) is 5.11. The first kappa shape index (κ1) is 14.2. The van der Waals surface area contributed by atoms with Crippen LogP contribution in [0.4, 0.5) is 11.5 Å². The molecule has 0 saturated carbocycles. The summed E-state index contributed by atoms with van der Waals surface area (Å²) >= 11 is 0. The molecule has 7 nitrogen and oxygen atoms in total.